The van der Waals surface area contributed by atoms with Crippen molar-refractivity contribution in [2.24, 2.45) is 0 Å². The van der Waals surface area contributed by atoms with E-state index in [1.54, 1.807) is 72.8 Å². The van der Waals surface area contributed by atoms with E-state index < -0.39 is 34.5 Å². The average molecular weight is 841 g/mol. The van der Waals surface area contributed by atoms with Crippen LogP contribution in [0.25, 0.3) is 65.7 Å². The molecule has 1 aromatic heterocycles. The van der Waals surface area contributed by atoms with Crippen molar-refractivity contribution < 1.29 is 26.7 Å². The van der Waals surface area contributed by atoms with Crippen LogP contribution in [0.15, 0.2) is 199 Å². The Labute approximate surface area is 364 Å². The Morgan fingerprint density at radius 2 is 0.969 bits per heavy atom. The molecule has 2 heterocycles. The summed E-state index contributed by atoms with van der Waals surface area (Å²) >= 11 is 0. The van der Waals surface area contributed by atoms with Gasteiger partial charge >= 0.3 is 0 Å². The van der Waals surface area contributed by atoms with Crippen LogP contribution >= 0.6 is 0 Å². The molecule has 0 saturated heterocycles. The van der Waals surface area contributed by atoms with E-state index in [9.17, 15) is 0 Å². The molecule has 4 nitrogen and oxygen atoms in total. The molecule has 0 unspecified atom stereocenters. The number of ether oxygens (including phenoxy) is 1. The van der Waals surface area contributed by atoms with Crippen molar-refractivity contribution in [3.05, 3.63) is 217 Å². The molecule has 10 aromatic carbocycles. The molecule has 0 aliphatic carbocycles. The van der Waals surface area contributed by atoms with E-state index in [-0.39, 0.29) is 5.56 Å². The number of anilines is 6. The molecule has 0 atom stereocenters. The van der Waals surface area contributed by atoms with Crippen LogP contribution in [0.2, 0.25) is 0 Å². The molecular formula is C56H32F4N2O2. The van der Waals surface area contributed by atoms with E-state index >= 15 is 17.6 Å². The van der Waals surface area contributed by atoms with Crippen molar-refractivity contribution in [2.45, 2.75) is 0 Å². The van der Waals surface area contributed by atoms with E-state index in [1.807, 2.05) is 109 Å². The first-order chi connectivity index (χ1) is 31.4. The number of furan rings is 1. The quantitative estimate of drug-likeness (QED) is 0.118. The van der Waals surface area contributed by atoms with Crippen LogP contribution in [0.1, 0.15) is 0 Å². The number of hydrogen-bond acceptors (Lipinski definition) is 4. The van der Waals surface area contributed by atoms with Gasteiger partial charge in [0.2, 0.25) is 0 Å². The Kier molecular flexibility index (Phi) is 8.55. The van der Waals surface area contributed by atoms with E-state index in [2.05, 4.69) is 11.0 Å². The molecule has 0 saturated carbocycles. The molecule has 306 valence electrons. The van der Waals surface area contributed by atoms with E-state index in [4.69, 9.17) is 9.15 Å². The van der Waals surface area contributed by atoms with Gasteiger partial charge in [-0.2, -0.15) is 0 Å². The fourth-order valence-electron chi connectivity index (χ4n) is 9.24. The lowest BCUT2D eigenvalue weighted by atomic mass is 9.89. The molecule has 0 fully saturated rings. The predicted molar refractivity (Wildman–Crippen MR) is 249 cm³/mol. The predicted octanol–water partition coefficient (Wildman–Crippen LogP) is 16.8. The third-order valence-electron chi connectivity index (χ3n) is 12.1. The molecular weight excluding hydrogens is 809 g/mol. The molecule has 1 aliphatic rings. The first-order valence-corrected chi connectivity index (χ1v) is 20.8. The normalized spacial score (nSPS) is 11.9. The zero-order valence-electron chi connectivity index (χ0n) is 33.7. The summed E-state index contributed by atoms with van der Waals surface area (Å²) in [4.78, 5) is 3.32. The monoisotopic (exact) mass is 840 g/mol. The Morgan fingerprint density at radius 3 is 1.75 bits per heavy atom. The lowest BCUT2D eigenvalue weighted by Crippen LogP contribution is -2.16. The maximum atomic E-state index is 16.8. The molecule has 1 aliphatic heterocycles. The molecule has 0 amide bonds. The van der Waals surface area contributed by atoms with Gasteiger partial charge in [-0.1, -0.05) is 121 Å². The van der Waals surface area contributed by atoms with Gasteiger partial charge in [0.05, 0.1) is 16.9 Å². The van der Waals surface area contributed by atoms with Gasteiger partial charge in [0, 0.05) is 44.9 Å². The lowest BCUT2D eigenvalue weighted by Gasteiger charge is -2.28. The summed E-state index contributed by atoms with van der Waals surface area (Å²) in [5.41, 5.74) is 4.47. The van der Waals surface area contributed by atoms with E-state index in [1.165, 1.54) is 11.0 Å². The minimum Gasteiger partial charge on any atom is -0.456 e. The van der Waals surface area contributed by atoms with Crippen LogP contribution in [0.3, 0.4) is 0 Å². The molecule has 0 spiro atoms. The molecule has 64 heavy (non-hydrogen) atoms. The van der Waals surface area contributed by atoms with Gasteiger partial charge < -0.3 is 19.0 Å². The van der Waals surface area contributed by atoms with Crippen LogP contribution in [-0.4, -0.2) is 0 Å². The van der Waals surface area contributed by atoms with Gasteiger partial charge in [0.1, 0.15) is 22.8 Å². The number of halogens is 4. The van der Waals surface area contributed by atoms with Gasteiger partial charge in [-0.3, -0.25) is 0 Å². The summed E-state index contributed by atoms with van der Waals surface area (Å²) < 4.78 is 80.3. The third-order valence-corrected chi connectivity index (χ3v) is 12.1. The number of benzene rings is 10. The average Bonchev–Trinajstić information content (AvgIpc) is 3.73. The smallest absolute Gasteiger partial charge is 0.186 e. The highest BCUT2D eigenvalue weighted by Gasteiger charge is 2.33. The zero-order valence-corrected chi connectivity index (χ0v) is 33.7. The van der Waals surface area contributed by atoms with Crippen molar-refractivity contribution >= 4 is 77.6 Å². The number of hydrogen-bond donors (Lipinski definition) is 0. The Balaban J connectivity index is 0.985. The van der Waals surface area contributed by atoms with Crippen molar-refractivity contribution in [2.75, 3.05) is 9.80 Å². The minimum absolute atomic E-state index is 0.0187. The molecule has 0 N–H and O–H groups in total. The second-order valence-electron chi connectivity index (χ2n) is 15.7. The maximum Gasteiger partial charge on any atom is 0.186 e. The Bertz CT molecular complexity index is 3640. The number of fused-ring (bicyclic) bond motifs is 6. The van der Waals surface area contributed by atoms with Crippen molar-refractivity contribution in [1.29, 1.82) is 0 Å². The van der Waals surface area contributed by atoms with E-state index in [0.29, 0.717) is 33.6 Å². The summed E-state index contributed by atoms with van der Waals surface area (Å²) in [5, 5.41) is 4.61. The summed E-state index contributed by atoms with van der Waals surface area (Å²) in [6.07, 6.45) is 0. The lowest BCUT2D eigenvalue weighted by molar-refractivity contribution is 0.461. The summed E-state index contributed by atoms with van der Waals surface area (Å²) in [6, 6.07) is 59.4. The zero-order chi connectivity index (χ0) is 43.1. The molecule has 11 aromatic rings. The van der Waals surface area contributed by atoms with Gasteiger partial charge in [-0.05, 0) is 94.0 Å². The van der Waals surface area contributed by atoms with E-state index in [0.717, 1.165) is 60.9 Å². The first kappa shape index (κ1) is 37.4. The SMILES string of the molecule is Fc1c(F)c(N(c2ccccc2)c2ccc3ccccc3c2)c(F)c(F)c1-c1ccc2c3c(cccc13)Oc1cc(N(c3ccccc3)c3cccc4c3oc3ccccc34)ccc1-2. The summed E-state index contributed by atoms with van der Waals surface area (Å²) in [5.74, 6) is -5.10. The number of nitrogens with zero attached hydrogens (tertiary/aromatic N) is 2. The molecule has 0 radical (unpaired) electrons. The van der Waals surface area contributed by atoms with Gasteiger partial charge in [-0.25, -0.2) is 17.6 Å². The minimum atomic E-state index is -1.53. The van der Waals surface area contributed by atoms with Crippen LogP contribution in [-0.2, 0) is 0 Å². The maximum absolute atomic E-state index is 16.8. The van der Waals surface area contributed by atoms with Crippen molar-refractivity contribution in [1.82, 2.24) is 0 Å². The first-order valence-electron chi connectivity index (χ1n) is 20.8. The van der Waals surface area contributed by atoms with Crippen LogP contribution in [0.5, 0.6) is 11.5 Å². The highest BCUT2D eigenvalue weighted by atomic mass is 19.2. The highest BCUT2D eigenvalue weighted by Crippen LogP contribution is 2.52. The van der Waals surface area contributed by atoms with Crippen molar-refractivity contribution in [3.8, 4) is 33.8 Å². The van der Waals surface area contributed by atoms with Gasteiger partial charge in [-0.15, -0.1) is 0 Å². The highest BCUT2D eigenvalue weighted by molar-refractivity contribution is 6.12. The number of para-hydroxylation sites is 4. The topological polar surface area (TPSA) is 28.9 Å². The third kappa shape index (κ3) is 5.76. The van der Waals surface area contributed by atoms with Gasteiger partial charge in [0.25, 0.3) is 0 Å². The van der Waals surface area contributed by atoms with Crippen LogP contribution < -0.4 is 14.5 Å². The largest absolute Gasteiger partial charge is 0.456 e. The van der Waals surface area contributed by atoms with Crippen LogP contribution in [0.4, 0.5) is 51.7 Å². The summed E-state index contributed by atoms with van der Waals surface area (Å²) in [7, 11) is 0. The Morgan fingerprint density at radius 1 is 0.375 bits per heavy atom. The fraction of sp³-hybridized carbons (Fsp3) is 0. The Hall–Kier alpha value is -8.36. The van der Waals surface area contributed by atoms with Gasteiger partial charge in [0.15, 0.2) is 28.9 Å². The molecule has 8 heteroatoms. The van der Waals surface area contributed by atoms with Crippen LogP contribution in [0, 0.1) is 23.3 Å². The second kappa shape index (κ2) is 14.6. The number of rotatable bonds is 7. The molecule has 0 bridgehead atoms. The standard InChI is InChI=1S/C56H32F4N2O2/c57-51-50(52(58)54(60)55(53(51)59)62(36-17-5-2-6-18-36)37-26-25-33-13-7-8-14-34(33)31-37)43-30-29-42-40-28-27-38(32-48(40)63-47-24-12-20-41(43)49(42)47)61(35-15-3-1-4-16-35)45-22-11-21-44-39-19-9-10-23-46(39)64-56(44)45/h1-32H. The summed E-state index contributed by atoms with van der Waals surface area (Å²) in [6.45, 7) is 0. The molecule has 12 rings (SSSR count). The fourth-order valence-corrected chi connectivity index (χ4v) is 9.24. The van der Waals surface area contributed by atoms with Crippen molar-refractivity contribution in [3.63, 3.8) is 0 Å². The second-order valence-corrected chi connectivity index (χ2v) is 15.7.